The monoisotopic (exact) mass is 386 g/mol. The Balaban J connectivity index is 1.43. The van der Waals surface area contributed by atoms with Crippen molar-refractivity contribution in [3.05, 3.63) is 44.8 Å². The van der Waals surface area contributed by atoms with Gasteiger partial charge in [-0.25, -0.2) is 4.98 Å². The van der Waals surface area contributed by atoms with Gasteiger partial charge in [-0.3, -0.25) is 4.79 Å². The largest absolute Gasteiger partial charge is 0.321 e. The number of quaternary nitrogens is 2. The number of amides is 1. The van der Waals surface area contributed by atoms with Gasteiger partial charge in [0.2, 0.25) is 0 Å². The maximum Gasteiger partial charge on any atom is 0.279 e. The number of thiophene rings is 1. The Morgan fingerprint density at radius 1 is 1.17 bits per heavy atom. The number of aromatic nitrogens is 1. The Morgan fingerprint density at radius 3 is 2.58 bits per heavy atom. The molecule has 128 valence electrons. The molecular formula is C16H20Cl2N4OS+2. The first-order valence-electron chi connectivity index (χ1n) is 7.92. The Bertz CT molecular complexity index is 701. The third-order valence-electron chi connectivity index (χ3n) is 4.16. The summed E-state index contributed by atoms with van der Waals surface area (Å²) in [6, 6.07) is 7.57. The van der Waals surface area contributed by atoms with Gasteiger partial charge in [0.1, 0.15) is 32.7 Å². The van der Waals surface area contributed by atoms with Crippen molar-refractivity contribution in [2.24, 2.45) is 0 Å². The van der Waals surface area contributed by atoms with Gasteiger partial charge in [-0.15, -0.1) is 11.3 Å². The summed E-state index contributed by atoms with van der Waals surface area (Å²) in [5.41, 5.74) is 0.572. The van der Waals surface area contributed by atoms with Crippen LogP contribution in [-0.4, -0.2) is 43.6 Å². The van der Waals surface area contributed by atoms with Gasteiger partial charge in [0, 0.05) is 6.20 Å². The van der Waals surface area contributed by atoms with Gasteiger partial charge in [0.05, 0.1) is 14.9 Å². The van der Waals surface area contributed by atoms with Crippen molar-refractivity contribution in [1.82, 2.24) is 4.98 Å². The minimum Gasteiger partial charge on any atom is -0.321 e. The molecule has 8 heteroatoms. The molecule has 5 nitrogen and oxygen atoms in total. The van der Waals surface area contributed by atoms with Crippen LogP contribution in [0.1, 0.15) is 4.88 Å². The van der Waals surface area contributed by atoms with Crippen LogP contribution in [0.4, 0.5) is 5.69 Å². The average Bonchev–Trinajstić information content (AvgIpc) is 2.96. The third kappa shape index (κ3) is 4.91. The molecule has 2 aromatic heterocycles. The number of carbonyl (C=O) groups excluding carboxylic acids is 1. The molecule has 0 aromatic carbocycles. The van der Waals surface area contributed by atoms with E-state index in [0.717, 1.165) is 37.1 Å². The molecule has 3 N–H and O–H groups in total. The first-order chi connectivity index (χ1) is 11.6. The SMILES string of the molecule is O=C(C[NH+]1CC[NH+](Cc2ccc(Cl)s2)CC1)Nc1cccnc1Cl. The second-order valence-corrected chi connectivity index (χ2v) is 8.11. The van der Waals surface area contributed by atoms with Gasteiger partial charge in [-0.2, -0.15) is 0 Å². The molecule has 1 amide bonds. The summed E-state index contributed by atoms with van der Waals surface area (Å²) >= 11 is 13.6. The summed E-state index contributed by atoms with van der Waals surface area (Å²) in [5, 5.41) is 3.16. The number of piperazine rings is 1. The average molecular weight is 387 g/mol. The van der Waals surface area contributed by atoms with E-state index < -0.39 is 0 Å². The standard InChI is InChI=1S/C16H18Cl2N4OS/c17-14-4-3-12(24-14)10-21-6-8-22(9-7-21)11-15(23)20-13-2-1-5-19-16(13)18/h1-5H,6-11H2,(H,20,23)/p+2. The second-order valence-electron chi connectivity index (χ2n) is 5.95. The van der Waals surface area contributed by atoms with Crippen LogP contribution in [0.15, 0.2) is 30.5 Å². The Morgan fingerprint density at radius 2 is 1.92 bits per heavy atom. The molecule has 0 radical (unpaired) electrons. The number of pyridine rings is 1. The van der Waals surface area contributed by atoms with Gasteiger partial charge in [-0.1, -0.05) is 23.2 Å². The van der Waals surface area contributed by atoms with E-state index in [2.05, 4.69) is 16.4 Å². The molecule has 24 heavy (non-hydrogen) atoms. The number of nitrogens with one attached hydrogen (secondary N) is 3. The molecule has 0 saturated carbocycles. The summed E-state index contributed by atoms with van der Waals surface area (Å²) in [5.74, 6) is -0.0200. The molecule has 3 heterocycles. The highest BCUT2D eigenvalue weighted by Crippen LogP contribution is 2.20. The molecule has 0 bridgehead atoms. The summed E-state index contributed by atoms with van der Waals surface area (Å²) in [4.78, 5) is 20.3. The number of anilines is 1. The molecule has 0 atom stereocenters. The van der Waals surface area contributed by atoms with E-state index in [4.69, 9.17) is 23.2 Å². The van der Waals surface area contributed by atoms with Crippen LogP contribution in [0.25, 0.3) is 0 Å². The van der Waals surface area contributed by atoms with Crippen LogP contribution < -0.4 is 15.1 Å². The number of halogens is 2. The van der Waals surface area contributed by atoms with Crippen molar-refractivity contribution in [2.75, 3.05) is 38.0 Å². The summed E-state index contributed by atoms with van der Waals surface area (Å²) in [6.07, 6.45) is 1.60. The maximum absolute atomic E-state index is 12.2. The molecule has 0 aliphatic carbocycles. The lowest BCUT2D eigenvalue weighted by Crippen LogP contribution is -3.28. The van der Waals surface area contributed by atoms with E-state index in [1.807, 2.05) is 6.07 Å². The third-order valence-corrected chi connectivity index (χ3v) is 5.69. The molecule has 3 rings (SSSR count). The summed E-state index contributed by atoms with van der Waals surface area (Å²) in [6.45, 7) is 5.58. The van der Waals surface area contributed by atoms with E-state index in [1.54, 1.807) is 34.6 Å². The predicted octanol–water partition coefficient (Wildman–Crippen LogP) is 0.372. The van der Waals surface area contributed by atoms with Gasteiger partial charge in [-0.05, 0) is 24.3 Å². The fraction of sp³-hybridized carbons (Fsp3) is 0.375. The fourth-order valence-electron chi connectivity index (χ4n) is 2.90. The Labute approximate surface area is 155 Å². The Hall–Kier alpha value is -1.18. The van der Waals surface area contributed by atoms with E-state index in [0.29, 0.717) is 17.4 Å². The molecule has 1 fully saturated rings. The van der Waals surface area contributed by atoms with Crippen molar-refractivity contribution in [1.29, 1.82) is 0 Å². The van der Waals surface area contributed by atoms with Crippen LogP contribution in [0.3, 0.4) is 0 Å². The first kappa shape index (κ1) is 17.6. The zero-order chi connectivity index (χ0) is 16.9. The quantitative estimate of drug-likeness (QED) is 0.650. The topological polar surface area (TPSA) is 50.9 Å². The highest BCUT2D eigenvalue weighted by molar-refractivity contribution is 7.16. The predicted molar refractivity (Wildman–Crippen MR) is 97.2 cm³/mol. The normalized spacial score (nSPS) is 20.8. The lowest BCUT2D eigenvalue weighted by molar-refractivity contribution is -1.01. The summed E-state index contributed by atoms with van der Waals surface area (Å²) < 4.78 is 0.847. The van der Waals surface area contributed by atoms with E-state index in [-0.39, 0.29) is 5.91 Å². The van der Waals surface area contributed by atoms with E-state index in [9.17, 15) is 4.79 Å². The highest BCUT2D eigenvalue weighted by Gasteiger charge is 2.25. The van der Waals surface area contributed by atoms with Gasteiger partial charge < -0.3 is 15.1 Å². The van der Waals surface area contributed by atoms with Crippen molar-refractivity contribution in [3.63, 3.8) is 0 Å². The smallest absolute Gasteiger partial charge is 0.279 e. The molecular weight excluding hydrogens is 367 g/mol. The molecule has 2 aromatic rings. The second kappa shape index (κ2) is 8.27. The fourth-order valence-corrected chi connectivity index (χ4v) is 4.23. The zero-order valence-electron chi connectivity index (χ0n) is 13.1. The minimum absolute atomic E-state index is 0.0200. The van der Waals surface area contributed by atoms with Gasteiger partial charge in [0.15, 0.2) is 11.7 Å². The lowest BCUT2D eigenvalue weighted by atomic mass is 10.3. The van der Waals surface area contributed by atoms with Crippen LogP contribution in [0.5, 0.6) is 0 Å². The minimum atomic E-state index is -0.0200. The Kier molecular flexibility index (Phi) is 6.08. The van der Waals surface area contributed by atoms with Crippen molar-refractivity contribution >= 4 is 46.1 Å². The number of hydrogen-bond donors (Lipinski definition) is 3. The number of carbonyl (C=O) groups is 1. The maximum atomic E-state index is 12.2. The van der Waals surface area contributed by atoms with Crippen LogP contribution in [0.2, 0.25) is 9.49 Å². The molecule has 1 aliphatic rings. The molecule has 1 saturated heterocycles. The number of hydrogen-bond acceptors (Lipinski definition) is 3. The van der Waals surface area contributed by atoms with Crippen molar-refractivity contribution in [3.8, 4) is 0 Å². The van der Waals surface area contributed by atoms with Gasteiger partial charge >= 0.3 is 0 Å². The lowest BCUT2D eigenvalue weighted by Gasteiger charge is -2.29. The van der Waals surface area contributed by atoms with Crippen LogP contribution >= 0.6 is 34.5 Å². The van der Waals surface area contributed by atoms with Crippen molar-refractivity contribution in [2.45, 2.75) is 6.54 Å². The molecule has 1 aliphatic heterocycles. The first-order valence-corrected chi connectivity index (χ1v) is 9.49. The number of rotatable bonds is 5. The van der Waals surface area contributed by atoms with Gasteiger partial charge in [0.25, 0.3) is 5.91 Å². The van der Waals surface area contributed by atoms with E-state index in [1.165, 1.54) is 9.78 Å². The summed E-state index contributed by atoms with van der Waals surface area (Å²) in [7, 11) is 0. The van der Waals surface area contributed by atoms with E-state index >= 15 is 0 Å². The zero-order valence-corrected chi connectivity index (χ0v) is 15.5. The highest BCUT2D eigenvalue weighted by atomic mass is 35.5. The molecule has 0 spiro atoms. The number of nitrogens with zero attached hydrogens (tertiary/aromatic N) is 1. The van der Waals surface area contributed by atoms with Crippen LogP contribution in [-0.2, 0) is 11.3 Å². The van der Waals surface area contributed by atoms with Crippen LogP contribution in [0, 0.1) is 0 Å². The van der Waals surface area contributed by atoms with Crippen molar-refractivity contribution < 1.29 is 14.6 Å². The molecule has 0 unspecified atom stereocenters.